The largest absolute Gasteiger partial charge is 0.480 e. The van der Waals surface area contributed by atoms with E-state index in [2.05, 4.69) is 20.9 Å². The van der Waals surface area contributed by atoms with Crippen molar-refractivity contribution in [3.63, 3.8) is 0 Å². The molecule has 0 aliphatic heterocycles. The molecule has 13 heteroatoms. The number of H-pyrrole nitrogens is 1. The van der Waals surface area contributed by atoms with Crippen molar-refractivity contribution in [2.45, 2.75) is 63.9 Å². The molecule has 2 rings (SSSR count). The van der Waals surface area contributed by atoms with Crippen molar-refractivity contribution in [2.24, 2.45) is 17.4 Å². The number of carbonyl (C=O) groups is 5. The molecule has 202 valence electrons. The van der Waals surface area contributed by atoms with E-state index in [-0.39, 0.29) is 6.42 Å². The number of rotatable bonds is 13. The molecule has 0 saturated carbocycles. The Labute approximate surface area is 213 Å². The molecule has 5 atom stereocenters. The molecule has 1 aromatic carbocycles. The van der Waals surface area contributed by atoms with E-state index in [1.54, 1.807) is 20.0 Å². The molecule has 0 fully saturated rings. The number of aliphatic hydroxyl groups excluding tert-OH is 1. The number of amides is 4. The lowest BCUT2D eigenvalue weighted by Crippen LogP contribution is -2.61. The van der Waals surface area contributed by atoms with Crippen LogP contribution in [0.3, 0.4) is 0 Å². The second-order valence-electron chi connectivity index (χ2n) is 9.20. The number of fused-ring (bicyclic) bond motifs is 1. The number of nitrogens with one attached hydrogen (secondary N) is 4. The molecule has 0 aliphatic rings. The van der Waals surface area contributed by atoms with Gasteiger partial charge in [0.25, 0.3) is 0 Å². The fraction of sp³-hybridized carbons (Fsp3) is 0.458. The Morgan fingerprint density at radius 1 is 0.946 bits per heavy atom. The summed E-state index contributed by atoms with van der Waals surface area (Å²) in [6.45, 7) is 4.55. The van der Waals surface area contributed by atoms with Crippen LogP contribution in [0, 0.1) is 5.92 Å². The van der Waals surface area contributed by atoms with Crippen LogP contribution < -0.4 is 27.4 Å². The minimum atomic E-state index is -1.65. The van der Waals surface area contributed by atoms with Gasteiger partial charge in [-0.25, -0.2) is 4.79 Å². The first-order valence-corrected chi connectivity index (χ1v) is 11.7. The van der Waals surface area contributed by atoms with Gasteiger partial charge in [0, 0.05) is 17.1 Å². The Balaban J connectivity index is 2.09. The number of aromatic amines is 1. The maximum absolute atomic E-state index is 13.0. The molecule has 0 aliphatic carbocycles. The maximum atomic E-state index is 13.0. The summed E-state index contributed by atoms with van der Waals surface area (Å²) in [5.74, 6) is -5.32. The molecule has 1 aromatic heterocycles. The van der Waals surface area contributed by atoms with Gasteiger partial charge in [-0.1, -0.05) is 32.0 Å². The van der Waals surface area contributed by atoms with Crippen LogP contribution in [0.4, 0.5) is 0 Å². The van der Waals surface area contributed by atoms with E-state index >= 15 is 0 Å². The molecule has 2 aromatic rings. The highest BCUT2D eigenvalue weighted by atomic mass is 16.4. The molecular formula is C24H34N6O7. The lowest BCUT2D eigenvalue weighted by Gasteiger charge is -2.28. The topological polar surface area (TPSA) is 230 Å². The lowest BCUT2D eigenvalue weighted by molar-refractivity contribution is -0.144. The number of benzene rings is 1. The molecule has 0 spiro atoms. The molecule has 37 heavy (non-hydrogen) atoms. The number of hydrogen-bond acceptors (Lipinski definition) is 7. The molecule has 4 amide bonds. The summed E-state index contributed by atoms with van der Waals surface area (Å²) in [7, 11) is 0. The number of primary amides is 1. The van der Waals surface area contributed by atoms with Gasteiger partial charge < -0.3 is 42.6 Å². The average Bonchev–Trinajstić information content (AvgIpc) is 3.22. The number of carboxylic acids is 1. The smallest absolute Gasteiger partial charge is 0.326 e. The molecular weight excluding hydrogens is 484 g/mol. The van der Waals surface area contributed by atoms with Crippen LogP contribution in [-0.4, -0.2) is 75.1 Å². The molecule has 0 saturated heterocycles. The van der Waals surface area contributed by atoms with E-state index in [9.17, 15) is 34.2 Å². The van der Waals surface area contributed by atoms with Crippen LogP contribution in [0.1, 0.15) is 32.8 Å². The fourth-order valence-electron chi connectivity index (χ4n) is 3.74. The molecule has 10 N–H and O–H groups in total. The van der Waals surface area contributed by atoms with Crippen molar-refractivity contribution < 1.29 is 34.2 Å². The first kappa shape index (κ1) is 29.3. The third-order valence-corrected chi connectivity index (χ3v) is 5.78. The van der Waals surface area contributed by atoms with Crippen molar-refractivity contribution >= 4 is 40.5 Å². The van der Waals surface area contributed by atoms with Crippen molar-refractivity contribution in [1.82, 2.24) is 20.9 Å². The quantitative estimate of drug-likeness (QED) is 0.155. The second-order valence-corrected chi connectivity index (χ2v) is 9.20. The monoisotopic (exact) mass is 518 g/mol. The molecule has 1 heterocycles. The van der Waals surface area contributed by atoms with Crippen LogP contribution in [-0.2, 0) is 30.4 Å². The number of aromatic nitrogens is 1. The zero-order chi connectivity index (χ0) is 27.9. The SMILES string of the molecule is CC(C)C(NC(=O)C(N)Cc1c[nH]c2ccccc12)C(=O)NC(C(=O)NC(CC(N)=O)C(=O)O)C(C)O. The Morgan fingerprint density at radius 2 is 1.54 bits per heavy atom. The van der Waals surface area contributed by atoms with Crippen LogP contribution in [0.15, 0.2) is 30.5 Å². The predicted octanol–water partition coefficient (Wildman–Crippen LogP) is -1.51. The summed E-state index contributed by atoms with van der Waals surface area (Å²) in [6.07, 6.45) is -0.142. The van der Waals surface area contributed by atoms with E-state index in [0.29, 0.717) is 0 Å². The maximum Gasteiger partial charge on any atom is 0.326 e. The Kier molecular flexibility index (Phi) is 10.1. The number of aliphatic carboxylic acids is 1. The summed E-state index contributed by atoms with van der Waals surface area (Å²) in [5.41, 5.74) is 12.9. The van der Waals surface area contributed by atoms with Gasteiger partial charge in [-0.05, 0) is 30.9 Å². The van der Waals surface area contributed by atoms with E-state index < -0.39 is 72.2 Å². The van der Waals surface area contributed by atoms with Crippen molar-refractivity contribution in [3.05, 3.63) is 36.0 Å². The zero-order valence-electron chi connectivity index (χ0n) is 20.9. The number of carboxylic acid groups (broad SMARTS) is 1. The summed E-state index contributed by atoms with van der Waals surface area (Å²) in [5, 5.41) is 27.2. The van der Waals surface area contributed by atoms with Gasteiger partial charge >= 0.3 is 5.97 Å². The third kappa shape index (κ3) is 8.02. The predicted molar refractivity (Wildman–Crippen MR) is 134 cm³/mol. The van der Waals surface area contributed by atoms with Crippen LogP contribution in [0.5, 0.6) is 0 Å². The number of carbonyl (C=O) groups excluding carboxylic acids is 4. The Bertz CT molecular complexity index is 1150. The van der Waals surface area contributed by atoms with Crippen LogP contribution in [0.2, 0.25) is 0 Å². The van der Waals surface area contributed by atoms with Gasteiger partial charge in [-0.15, -0.1) is 0 Å². The van der Waals surface area contributed by atoms with Gasteiger partial charge in [-0.3, -0.25) is 19.2 Å². The highest BCUT2D eigenvalue weighted by molar-refractivity contribution is 5.95. The Morgan fingerprint density at radius 3 is 2.11 bits per heavy atom. The minimum absolute atomic E-state index is 0.206. The van der Waals surface area contributed by atoms with E-state index in [4.69, 9.17) is 11.5 Å². The van der Waals surface area contributed by atoms with Crippen LogP contribution in [0.25, 0.3) is 10.9 Å². The highest BCUT2D eigenvalue weighted by Crippen LogP contribution is 2.19. The van der Waals surface area contributed by atoms with Gasteiger partial charge in [0.15, 0.2) is 0 Å². The van der Waals surface area contributed by atoms with Crippen molar-refractivity contribution in [3.8, 4) is 0 Å². The van der Waals surface area contributed by atoms with Crippen molar-refractivity contribution in [2.75, 3.05) is 0 Å². The second kappa shape index (κ2) is 12.8. The van der Waals surface area contributed by atoms with Crippen molar-refractivity contribution in [1.29, 1.82) is 0 Å². The first-order chi connectivity index (χ1) is 17.3. The van der Waals surface area contributed by atoms with E-state index in [1.807, 2.05) is 24.3 Å². The third-order valence-electron chi connectivity index (χ3n) is 5.78. The summed E-state index contributed by atoms with van der Waals surface area (Å²) < 4.78 is 0. The molecule has 0 radical (unpaired) electrons. The minimum Gasteiger partial charge on any atom is -0.480 e. The van der Waals surface area contributed by atoms with Crippen LogP contribution >= 0.6 is 0 Å². The lowest BCUT2D eigenvalue weighted by atomic mass is 10.00. The van der Waals surface area contributed by atoms with E-state index in [1.165, 1.54) is 6.92 Å². The average molecular weight is 519 g/mol. The summed E-state index contributed by atoms with van der Waals surface area (Å²) in [4.78, 5) is 64.0. The van der Waals surface area contributed by atoms with Gasteiger partial charge in [0.05, 0.1) is 18.6 Å². The summed E-state index contributed by atoms with van der Waals surface area (Å²) in [6, 6.07) is 2.23. The number of nitrogens with two attached hydrogens (primary N) is 2. The van der Waals surface area contributed by atoms with Gasteiger partial charge in [-0.2, -0.15) is 0 Å². The highest BCUT2D eigenvalue weighted by Gasteiger charge is 2.34. The normalized spacial score (nSPS) is 15.3. The number of aliphatic hydroxyl groups is 1. The zero-order valence-corrected chi connectivity index (χ0v) is 20.9. The van der Waals surface area contributed by atoms with E-state index in [0.717, 1.165) is 16.5 Å². The Hall–Kier alpha value is -3.97. The fourth-order valence-corrected chi connectivity index (χ4v) is 3.74. The number of hydrogen-bond donors (Lipinski definition) is 8. The van der Waals surface area contributed by atoms with Gasteiger partial charge in [0.2, 0.25) is 23.6 Å². The first-order valence-electron chi connectivity index (χ1n) is 11.7. The molecule has 13 nitrogen and oxygen atoms in total. The number of para-hydroxylation sites is 1. The van der Waals surface area contributed by atoms with Gasteiger partial charge in [0.1, 0.15) is 18.1 Å². The standard InChI is InChI=1S/C24H34N6O7/c1-11(2)19(29-21(33)15(25)8-13-10-27-16-7-5-4-6-14(13)16)22(34)30-20(12(3)31)23(35)28-17(24(36)37)9-18(26)32/h4-7,10-12,15,17,19-20,27,31H,8-9,25H2,1-3H3,(H2,26,32)(H,28,35)(H,29,33)(H,30,34)(H,36,37). The summed E-state index contributed by atoms with van der Waals surface area (Å²) >= 11 is 0. The molecule has 5 unspecified atom stereocenters. The molecule has 0 bridgehead atoms.